The van der Waals surface area contributed by atoms with Crippen LogP contribution in [0.2, 0.25) is 0 Å². The minimum absolute atomic E-state index is 0.330. The summed E-state index contributed by atoms with van der Waals surface area (Å²) in [6, 6.07) is 24.0. The molecule has 0 aromatic heterocycles. The first-order valence-electron chi connectivity index (χ1n) is 8.08. The van der Waals surface area contributed by atoms with Crippen LogP contribution < -0.4 is 10.6 Å². The van der Waals surface area contributed by atoms with Crippen LogP contribution in [0.25, 0.3) is 0 Å². The maximum atomic E-state index is 2.47. The SMILES string of the molecule is CC(C)N([B]CP(c1ccccc1)c1ccccc1)C(C)C. The monoisotopic (exact) mass is 310 g/mol. The predicted octanol–water partition coefficient (Wildman–Crippen LogP) is 3.81. The number of hydrogen-bond donors (Lipinski definition) is 0. The molecule has 2 aromatic carbocycles. The van der Waals surface area contributed by atoms with E-state index in [4.69, 9.17) is 0 Å². The van der Waals surface area contributed by atoms with Crippen molar-refractivity contribution in [2.75, 3.05) is 6.06 Å². The van der Waals surface area contributed by atoms with Crippen molar-refractivity contribution < 1.29 is 0 Å². The molecule has 2 aromatic rings. The van der Waals surface area contributed by atoms with Crippen molar-refractivity contribution in [3.63, 3.8) is 0 Å². The van der Waals surface area contributed by atoms with Crippen LogP contribution in [-0.4, -0.2) is 30.4 Å². The first-order valence-corrected chi connectivity index (χ1v) is 9.60. The van der Waals surface area contributed by atoms with Gasteiger partial charge in [0.25, 0.3) is 0 Å². The molecule has 0 saturated carbocycles. The molecule has 22 heavy (non-hydrogen) atoms. The molecule has 0 aliphatic rings. The minimum Gasteiger partial charge on any atom is -0.342 e. The first-order chi connectivity index (χ1) is 10.6. The van der Waals surface area contributed by atoms with Crippen LogP contribution in [0.3, 0.4) is 0 Å². The Balaban J connectivity index is 2.19. The Morgan fingerprint density at radius 2 is 1.18 bits per heavy atom. The molecule has 0 saturated heterocycles. The molecule has 1 nitrogen and oxygen atoms in total. The average Bonchev–Trinajstić information content (AvgIpc) is 2.52. The summed E-state index contributed by atoms with van der Waals surface area (Å²) in [5.74, 6) is 0. The van der Waals surface area contributed by atoms with E-state index in [1.165, 1.54) is 10.6 Å². The quantitative estimate of drug-likeness (QED) is 0.555. The van der Waals surface area contributed by atoms with Crippen molar-refractivity contribution in [2.24, 2.45) is 0 Å². The molecule has 115 valence electrons. The highest BCUT2D eigenvalue weighted by Gasteiger charge is 2.19. The lowest BCUT2D eigenvalue weighted by Crippen LogP contribution is -2.42. The Bertz CT molecular complexity index is 494. The van der Waals surface area contributed by atoms with Crippen molar-refractivity contribution in [3.05, 3.63) is 60.7 Å². The zero-order valence-corrected chi connectivity index (χ0v) is 15.0. The normalized spacial score (nSPS) is 11.6. The van der Waals surface area contributed by atoms with E-state index in [-0.39, 0.29) is 7.92 Å². The van der Waals surface area contributed by atoms with Crippen molar-refractivity contribution >= 4 is 25.9 Å². The third-order valence-electron chi connectivity index (χ3n) is 3.80. The summed E-state index contributed by atoms with van der Waals surface area (Å²) in [6.45, 7) is 9.07. The van der Waals surface area contributed by atoms with Crippen molar-refractivity contribution in [3.8, 4) is 0 Å². The fraction of sp³-hybridized carbons (Fsp3) is 0.368. The molecular weight excluding hydrogens is 284 g/mol. The Morgan fingerprint density at radius 1 is 0.773 bits per heavy atom. The number of rotatable bonds is 7. The van der Waals surface area contributed by atoms with Crippen LogP contribution in [-0.2, 0) is 0 Å². The summed E-state index contributed by atoms with van der Waals surface area (Å²) in [6.07, 6.45) is 0. The van der Waals surface area contributed by atoms with Gasteiger partial charge in [0, 0.05) is 0 Å². The van der Waals surface area contributed by atoms with Crippen LogP contribution in [0.1, 0.15) is 27.7 Å². The maximum absolute atomic E-state index is 2.47. The summed E-state index contributed by atoms with van der Waals surface area (Å²) in [5.41, 5.74) is 0. The van der Waals surface area contributed by atoms with Gasteiger partial charge in [-0.3, -0.25) is 0 Å². The molecule has 0 fully saturated rings. The molecule has 0 N–H and O–H groups in total. The highest BCUT2D eigenvalue weighted by atomic mass is 31.1. The Kier molecular flexibility index (Phi) is 6.67. The molecule has 3 heteroatoms. The fourth-order valence-electron chi connectivity index (χ4n) is 2.77. The molecule has 0 bridgehead atoms. The molecule has 0 aliphatic carbocycles. The first kappa shape index (κ1) is 17.3. The van der Waals surface area contributed by atoms with Crippen molar-refractivity contribution in [2.45, 2.75) is 39.8 Å². The summed E-state index contributed by atoms with van der Waals surface area (Å²) in [7, 11) is 2.09. The van der Waals surface area contributed by atoms with Gasteiger partial charge in [-0.15, -0.1) is 0 Å². The van der Waals surface area contributed by atoms with E-state index >= 15 is 0 Å². The molecule has 0 atom stereocenters. The van der Waals surface area contributed by atoms with Gasteiger partial charge in [0.05, 0.1) is 0 Å². The molecule has 0 heterocycles. The van der Waals surface area contributed by atoms with Crippen LogP contribution in [0.15, 0.2) is 60.7 Å². The molecular formula is C19H26BNP. The van der Waals surface area contributed by atoms with Crippen LogP contribution >= 0.6 is 7.92 Å². The van der Waals surface area contributed by atoms with Gasteiger partial charge in [-0.1, -0.05) is 96.3 Å². The smallest absolute Gasteiger partial charge is 0.214 e. The molecule has 0 spiro atoms. The van der Waals surface area contributed by atoms with Crippen molar-refractivity contribution in [1.29, 1.82) is 0 Å². The standard InChI is InChI=1S/C19H26BNP/c1-16(2)21(17(3)4)20-15-22(18-11-7-5-8-12-18)19-13-9-6-10-14-19/h5-14,16-17H,15H2,1-4H3. The van der Waals surface area contributed by atoms with Gasteiger partial charge < -0.3 is 4.81 Å². The van der Waals surface area contributed by atoms with E-state index in [1.54, 1.807) is 0 Å². The second kappa shape index (κ2) is 8.51. The van der Waals surface area contributed by atoms with Gasteiger partial charge in [-0.25, -0.2) is 0 Å². The Labute approximate surface area is 137 Å². The second-order valence-corrected chi connectivity index (χ2v) is 8.35. The number of nitrogens with zero attached hydrogens (tertiary/aromatic N) is 1. The average molecular weight is 310 g/mol. The molecule has 0 aliphatic heterocycles. The topological polar surface area (TPSA) is 3.24 Å². The van der Waals surface area contributed by atoms with Crippen LogP contribution in [0, 0.1) is 0 Å². The van der Waals surface area contributed by atoms with E-state index in [1.807, 2.05) is 0 Å². The van der Waals surface area contributed by atoms with E-state index in [9.17, 15) is 0 Å². The zero-order chi connectivity index (χ0) is 15.9. The van der Waals surface area contributed by atoms with Gasteiger partial charge in [-0.05, 0) is 28.8 Å². The van der Waals surface area contributed by atoms with Gasteiger partial charge in [0.15, 0.2) is 0 Å². The van der Waals surface area contributed by atoms with Gasteiger partial charge in [-0.2, -0.15) is 0 Å². The largest absolute Gasteiger partial charge is 0.342 e. The van der Waals surface area contributed by atoms with Gasteiger partial charge in [0.1, 0.15) is 0 Å². The minimum atomic E-state index is -0.330. The molecule has 1 radical (unpaired) electrons. The number of benzene rings is 2. The van der Waals surface area contributed by atoms with E-state index < -0.39 is 0 Å². The lowest BCUT2D eigenvalue weighted by atomic mass is 9.90. The van der Waals surface area contributed by atoms with Gasteiger partial charge in [0.2, 0.25) is 7.41 Å². The second-order valence-electron chi connectivity index (χ2n) is 6.10. The highest BCUT2D eigenvalue weighted by molar-refractivity contribution is 7.74. The van der Waals surface area contributed by atoms with E-state index in [0.29, 0.717) is 12.1 Å². The maximum Gasteiger partial charge on any atom is 0.214 e. The fourth-order valence-corrected chi connectivity index (χ4v) is 4.91. The molecule has 2 rings (SSSR count). The summed E-state index contributed by atoms with van der Waals surface area (Å²) >= 11 is 0. The van der Waals surface area contributed by atoms with Crippen LogP contribution in [0.4, 0.5) is 0 Å². The van der Waals surface area contributed by atoms with E-state index in [2.05, 4.69) is 101 Å². The third-order valence-corrected chi connectivity index (χ3v) is 6.17. The van der Waals surface area contributed by atoms with E-state index in [0.717, 1.165) is 6.06 Å². The third kappa shape index (κ3) is 4.70. The van der Waals surface area contributed by atoms with Crippen LogP contribution in [0.5, 0.6) is 0 Å². The lowest BCUT2D eigenvalue weighted by Gasteiger charge is -2.31. The summed E-state index contributed by atoms with van der Waals surface area (Å²) in [4.78, 5) is 2.47. The Morgan fingerprint density at radius 3 is 1.55 bits per heavy atom. The Hall–Kier alpha value is -1.11. The van der Waals surface area contributed by atoms with Gasteiger partial charge >= 0.3 is 0 Å². The van der Waals surface area contributed by atoms with Crippen molar-refractivity contribution in [1.82, 2.24) is 4.81 Å². The molecule has 0 amide bonds. The summed E-state index contributed by atoms with van der Waals surface area (Å²) in [5, 5.41) is 2.90. The molecule has 0 unspecified atom stereocenters. The number of hydrogen-bond acceptors (Lipinski definition) is 1. The predicted molar refractivity (Wildman–Crippen MR) is 102 cm³/mol. The summed E-state index contributed by atoms with van der Waals surface area (Å²) < 4.78 is 0. The zero-order valence-electron chi connectivity index (χ0n) is 14.1. The highest BCUT2D eigenvalue weighted by Crippen LogP contribution is 2.32. The lowest BCUT2D eigenvalue weighted by molar-refractivity contribution is 0.313.